The summed E-state index contributed by atoms with van der Waals surface area (Å²) in [6, 6.07) is -1.22. The zero-order chi connectivity index (χ0) is 23.9. The Morgan fingerprint density at radius 1 is 0.688 bits per heavy atom. The first-order valence-corrected chi connectivity index (χ1v) is 11.0. The lowest BCUT2D eigenvalue weighted by Crippen LogP contribution is -2.61. The lowest BCUT2D eigenvalue weighted by Gasteiger charge is -2.29. The predicted molar refractivity (Wildman–Crippen MR) is 113 cm³/mol. The fraction of sp³-hybridized carbons (Fsp3) is 0.714. The second-order valence-electron chi connectivity index (χ2n) is 7.89. The maximum atomic E-state index is 12.2. The first-order chi connectivity index (χ1) is 15.2. The molecule has 0 bridgehead atoms. The monoisotopic (exact) mass is 455 g/mol. The molecule has 0 radical (unpaired) electrons. The van der Waals surface area contributed by atoms with Crippen molar-refractivity contribution in [3.8, 4) is 0 Å². The van der Waals surface area contributed by atoms with Crippen molar-refractivity contribution in [2.24, 2.45) is 0 Å². The van der Waals surface area contributed by atoms with E-state index >= 15 is 0 Å². The smallest absolute Gasteiger partial charge is 0.303 e. The molecule has 0 saturated carbocycles. The van der Waals surface area contributed by atoms with Crippen LogP contribution in [-0.2, 0) is 28.8 Å². The predicted octanol–water partition coefficient (Wildman–Crippen LogP) is 0.505. The number of carboxylic acid groups (broad SMARTS) is 2. The van der Waals surface area contributed by atoms with Crippen molar-refractivity contribution in [3.63, 3.8) is 0 Å². The van der Waals surface area contributed by atoms with Crippen molar-refractivity contribution in [2.45, 2.75) is 89.1 Å². The van der Waals surface area contributed by atoms with Gasteiger partial charge in [0.1, 0.15) is 17.9 Å². The third-order valence-electron chi connectivity index (χ3n) is 5.14. The minimum atomic E-state index is -1.03. The largest absolute Gasteiger partial charge is 0.481 e. The van der Waals surface area contributed by atoms with Crippen molar-refractivity contribution in [3.05, 3.63) is 0 Å². The molecule has 32 heavy (non-hydrogen) atoms. The average Bonchev–Trinajstić information content (AvgIpc) is 2.73. The zero-order valence-corrected chi connectivity index (χ0v) is 18.2. The molecule has 5 N–H and O–H groups in total. The van der Waals surface area contributed by atoms with E-state index in [4.69, 9.17) is 10.2 Å². The summed E-state index contributed by atoms with van der Waals surface area (Å²) in [6.45, 7) is 0.377. The minimum absolute atomic E-state index is 0.0366. The van der Waals surface area contributed by atoms with Gasteiger partial charge >= 0.3 is 11.9 Å². The number of aliphatic carboxylic acids is 2. The molecule has 1 aliphatic heterocycles. The van der Waals surface area contributed by atoms with Gasteiger partial charge in [0.15, 0.2) is 0 Å². The van der Waals surface area contributed by atoms with E-state index in [0.29, 0.717) is 57.9 Å². The number of unbranched alkanes of at least 4 members (excludes halogenated alkanes) is 3. The molecule has 0 aromatic rings. The van der Waals surface area contributed by atoms with Crippen molar-refractivity contribution < 1.29 is 39.0 Å². The van der Waals surface area contributed by atoms with Gasteiger partial charge in [0.25, 0.3) is 0 Å². The van der Waals surface area contributed by atoms with Crippen LogP contribution in [0.1, 0.15) is 77.0 Å². The van der Waals surface area contributed by atoms with Crippen molar-refractivity contribution >= 4 is 35.4 Å². The number of rotatable bonds is 17. The van der Waals surface area contributed by atoms with Crippen molar-refractivity contribution in [2.75, 3.05) is 6.54 Å². The van der Waals surface area contributed by atoms with Crippen LogP contribution < -0.4 is 16.0 Å². The highest BCUT2D eigenvalue weighted by Gasteiger charge is 2.32. The van der Waals surface area contributed by atoms with E-state index in [9.17, 15) is 28.8 Å². The van der Waals surface area contributed by atoms with E-state index in [2.05, 4.69) is 16.0 Å². The second kappa shape index (κ2) is 14.9. The Morgan fingerprint density at radius 2 is 1.22 bits per heavy atom. The number of carbonyl (C=O) groups is 6. The number of carboxylic acids is 2. The highest BCUT2D eigenvalue weighted by molar-refractivity contribution is 5.96. The number of ketones is 1. The fourth-order valence-corrected chi connectivity index (χ4v) is 3.31. The van der Waals surface area contributed by atoms with Crippen molar-refractivity contribution in [1.82, 2.24) is 16.0 Å². The summed E-state index contributed by atoms with van der Waals surface area (Å²) in [4.78, 5) is 68.3. The quantitative estimate of drug-likeness (QED) is 0.197. The Balaban J connectivity index is 2.14. The number of hydrogen-bond acceptors (Lipinski definition) is 6. The Bertz CT molecular complexity index is 637. The summed E-state index contributed by atoms with van der Waals surface area (Å²) < 4.78 is 0. The molecule has 1 heterocycles. The van der Waals surface area contributed by atoms with E-state index in [1.165, 1.54) is 0 Å². The molecule has 11 heteroatoms. The highest BCUT2D eigenvalue weighted by Crippen LogP contribution is 2.12. The SMILES string of the molecule is O=C(O)CCC(=O)CCCCCC1NC(=O)C(CCCCNC(=O)CCC(=O)O)NC1=O. The van der Waals surface area contributed by atoms with Gasteiger partial charge < -0.3 is 26.2 Å². The van der Waals surface area contributed by atoms with Crippen LogP contribution in [0.2, 0.25) is 0 Å². The number of hydrogen-bond donors (Lipinski definition) is 5. The molecule has 0 aromatic carbocycles. The Hall–Kier alpha value is -2.98. The van der Waals surface area contributed by atoms with Gasteiger partial charge in [-0.05, 0) is 32.1 Å². The molecule has 2 atom stereocenters. The first-order valence-electron chi connectivity index (χ1n) is 11.0. The fourth-order valence-electron chi connectivity index (χ4n) is 3.31. The number of nitrogens with one attached hydrogen (secondary N) is 3. The van der Waals surface area contributed by atoms with Gasteiger partial charge in [-0.2, -0.15) is 0 Å². The van der Waals surface area contributed by atoms with Crippen LogP contribution in [0.4, 0.5) is 0 Å². The Morgan fingerprint density at radius 3 is 1.78 bits per heavy atom. The van der Waals surface area contributed by atoms with E-state index in [1.807, 2.05) is 0 Å². The number of Topliss-reactive ketones (excluding diaryl/α,β-unsaturated/α-hetero) is 1. The van der Waals surface area contributed by atoms with Gasteiger partial charge in [-0.3, -0.25) is 28.8 Å². The molecule has 3 amide bonds. The summed E-state index contributed by atoms with van der Waals surface area (Å²) in [7, 11) is 0. The van der Waals surface area contributed by atoms with E-state index < -0.39 is 24.0 Å². The second-order valence-corrected chi connectivity index (χ2v) is 7.89. The minimum Gasteiger partial charge on any atom is -0.481 e. The van der Waals surface area contributed by atoms with Crippen LogP contribution >= 0.6 is 0 Å². The van der Waals surface area contributed by atoms with E-state index in [1.54, 1.807) is 0 Å². The Kier molecular flexibility index (Phi) is 12.6. The van der Waals surface area contributed by atoms with Gasteiger partial charge in [0.05, 0.1) is 12.8 Å². The van der Waals surface area contributed by atoms with E-state index in [0.717, 1.165) is 0 Å². The number of amides is 3. The molecule has 0 aliphatic carbocycles. The summed E-state index contributed by atoms with van der Waals surface area (Å²) in [6.07, 6.45) is 4.02. The lowest BCUT2D eigenvalue weighted by molar-refractivity contribution is -0.139. The topological polar surface area (TPSA) is 179 Å². The van der Waals surface area contributed by atoms with Crippen LogP contribution in [-0.4, -0.2) is 64.3 Å². The third kappa shape index (κ3) is 12.0. The standard InChI is InChI=1S/C21H33N3O8/c25-14(9-11-18(27)28)6-2-1-3-7-15-20(31)24-16(21(32)23-15)8-4-5-13-22-17(26)10-12-19(29)30/h15-16H,1-13H2,(H,22,26)(H,23,32)(H,24,31)(H,27,28)(H,29,30). The molecule has 0 aromatic heterocycles. The molecule has 0 spiro atoms. The van der Waals surface area contributed by atoms with Crippen LogP contribution in [0.3, 0.4) is 0 Å². The molecule has 1 aliphatic rings. The first kappa shape index (κ1) is 27.1. The van der Waals surface area contributed by atoms with Gasteiger partial charge in [0.2, 0.25) is 17.7 Å². The molecule has 1 rings (SSSR count). The van der Waals surface area contributed by atoms with Crippen LogP contribution in [0, 0.1) is 0 Å². The third-order valence-corrected chi connectivity index (χ3v) is 5.14. The number of carbonyl (C=O) groups excluding carboxylic acids is 4. The average molecular weight is 456 g/mol. The van der Waals surface area contributed by atoms with Crippen LogP contribution in [0.5, 0.6) is 0 Å². The van der Waals surface area contributed by atoms with Gasteiger partial charge in [0, 0.05) is 25.8 Å². The van der Waals surface area contributed by atoms with Gasteiger partial charge in [-0.25, -0.2) is 0 Å². The summed E-state index contributed by atoms with van der Waals surface area (Å²) >= 11 is 0. The van der Waals surface area contributed by atoms with Crippen LogP contribution in [0.15, 0.2) is 0 Å². The highest BCUT2D eigenvalue weighted by atomic mass is 16.4. The van der Waals surface area contributed by atoms with Crippen LogP contribution in [0.25, 0.3) is 0 Å². The molecule has 1 saturated heterocycles. The summed E-state index contributed by atoms with van der Waals surface area (Å²) in [5.41, 5.74) is 0. The maximum Gasteiger partial charge on any atom is 0.303 e. The van der Waals surface area contributed by atoms with Gasteiger partial charge in [-0.15, -0.1) is 0 Å². The van der Waals surface area contributed by atoms with E-state index in [-0.39, 0.29) is 49.2 Å². The van der Waals surface area contributed by atoms with Crippen molar-refractivity contribution in [1.29, 1.82) is 0 Å². The summed E-state index contributed by atoms with van der Waals surface area (Å²) in [5, 5.41) is 25.1. The Labute approximate surface area is 186 Å². The molecule has 1 fully saturated rings. The molecule has 11 nitrogen and oxygen atoms in total. The summed E-state index contributed by atoms with van der Waals surface area (Å²) in [5.74, 6) is -2.92. The molecule has 2 unspecified atom stereocenters. The zero-order valence-electron chi connectivity index (χ0n) is 18.2. The maximum absolute atomic E-state index is 12.2. The normalized spacial score (nSPS) is 17.9. The molecular formula is C21H33N3O8. The number of piperazine rings is 1. The van der Waals surface area contributed by atoms with Gasteiger partial charge in [-0.1, -0.05) is 12.8 Å². The molecule has 180 valence electrons. The lowest BCUT2D eigenvalue weighted by atomic mass is 10.00. The molecular weight excluding hydrogens is 422 g/mol.